The summed E-state index contributed by atoms with van der Waals surface area (Å²) in [5.41, 5.74) is 5.26. The summed E-state index contributed by atoms with van der Waals surface area (Å²) in [6.07, 6.45) is 0.672. The lowest BCUT2D eigenvalue weighted by Gasteiger charge is -2.14. The average Bonchev–Trinajstić information content (AvgIpc) is 2.43. The second kappa shape index (κ2) is 7.95. The van der Waals surface area contributed by atoms with Crippen molar-refractivity contribution in [2.24, 2.45) is 5.92 Å². The third-order valence-corrected chi connectivity index (χ3v) is 4.00. The number of esters is 1. The van der Waals surface area contributed by atoms with E-state index in [1.165, 1.54) is 14.0 Å². The fourth-order valence-electron chi connectivity index (χ4n) is 2.09. The predicted octanol–water partition coefficient (Wildman–Crippen LogP) is 3.23. The molecule has 0 N–H and O–H groups in total. The van der Waals surface area contributed by atoms with Gasteiger partial charge >= 0.3 is 5.97 Å². The first-order valence-corrected chi connectivity index (χ1v) is 10.9. The van der Waals surface area contributed by atoms with E-state index in [1.807, 2.05) is 24.3 Å². The van der Waals surface area contributed by atoms with Gasteiger partial charge in [-0.15, -0.1) is 5.54 Å². The van der Waals surface area contributed by atoms with Crippen molar-refractivity contribution in [2.45, 2.75) is 39.4 Å². The van der Waals surface area contributed by atoms with Gasteiger partial charge in [0.15, 0.2) is 0 Å². The number of hydrogen-bond acceptors (Lipinski definition) is 3. The highest BCUT2D eigenvalue weighted by Crippen LogP contribution is 2.18. The van der Waals surface area contributed by atoms with E-state index in [2.05, 4.69) is 31.1 Å². The molecule has 0 bridgehead atoms. The van der Waals surface area contributed by atoms with Crippen LogP contribution in [0.1, 0.15) is 24.5 Å². The van der Waals surface area contributed by atoms with E-state index in [1.54, 1.807) is 0 Å². The van der Waals surface area contributed by atoms with Crippen molar-refractivity contribution in [3.63, 3.8) is 0 Å². The Balaban J connectivity index is 3.06. The molecule has 0 radical (unpaired) electrons. The molecule has 0 heterocycles. The quantitative estimate of drug-likeness (QED) is 0.476. The van der Waals surface area contributed by atoms with Crippen LogP contribution in [0.2, 0.25) is 19.6 Å². The van der Waals surface area contributed by atoms with Crippen molar-refractivity contribution in [1.82, 2.24) is 0 Å². The molecule has 4 heteroatoms. The minimum absolute atomic E-state index is 0.0129. The Kier molecular flexibility index (Phi) is 6.57. The maximum atomic E-state index is 11.9. The third kappa shape index (κ3) is 6.27. The summed E-state index contributed by atoms with van der Waals surface area (Å²) in [4.78, 5) is 23.3. The number of rotatable bonds is 5. The van der Waals surface area contributed by atoms with Crippen molar-refractivity contribution < 1.29 is 14.3 Å². The number of ketones is 1. The molecule has 0 aliphatic carbocycles. The monoisotopic (exact) mass is 316 g/mol. The Morgan fingerprint density at radius 3 is 2.41 bits per heavy atom. The summed E-state index contributed by atoms with van der Waals surface area (Å²) >= 11 is 0. The molecule has 0 aliphatic rings. The predicted molar refractivity (Wildman–Crippen MR) is 91.2 cm³/mol. The van der Waals surface area contributed by atoms with Crippen LogP contribution in [0.4, 0.5) is 0 Å². The van der Waals surface area contributed by atoms with E-state index >= 15 is 0 Å². The Labute approximate surface area is 134 Å². The van der Waals surface area contributed by atoms with Gasteiger partial charge < -0.3 is 9.53 Å². The van der Waals surface area contributed by atoms with Crippen LogP contribution in [0.3, 0.4) is 0 Å². The molecule has 0 aromatic heterocycles. The SMILES string of the molecule is COC(=O)[C@H](CC(C)=O)Cc1ccccc1C#C[Si](C)(C)C. The van der Waals surface area contributed by atoms with Crippen molar-refractivity contribution in [2.75, 3.05) is 7.11 Å². The number of hydrogen-bond donors (Lipinski definition) is 0. The van der Waals surface area contributed by atoms with E-state index in [0.29, 0.717) is 6.42 Å². The Morgan fingerprint density at radius 1 is 1.23 bits per heavy atom. The minimum Gasteiger partial charge on any atom is -0.469 e. The van der Waals surface area contributed by atoms with Gasteiger partial charge in [-0.3, -0.25) is 4.79 Å². The second-order valence-electron chi connectivity index (χ2n) is 6.49. The highest BCUT2D eigenvalue weighted by Gasteiger charge is 2.22. The van der Waals surface area contributed by atoms with E-state index < -0.39 is 14.0 Å². The number of methoxy groups -OCH3 is 1. The molecular weight excluding hydrogens is 292 g/mol. The largest absolute Gasteiger partial charge is 0.469 e. The lowest BCUT2D eigenvalue weighted by atomic mass is 9.92. The smallest absolute Gasteiger partial charge is 0.309 e. The van der Waals surface area contributed by atoms with Gasteiger partial charge in [0.1, 0.15) is 13.9 Å². The molecule has 1 rings (SSSR count). The molecule has 1 aromatic rings. The Bertz CT molecular complexity index is 603. The van der Waals surface area contributed by atoms with Gasteiger partial charge in [-0.1, -0.05) is 43.8 Å². The number of carbonyl (C=O) groups excluding carboxylic acids is 2. The topological polar surface area (TPSA) is 43.4 Å². The van der Waals surface area contributed by atoms with Crippen molar-refractivity contribution >= 4 is 19.8 Å². The maximum Gasteiger partial charge on any atom is 0.309 e. The van der Waals surface area contributed by atoms with Gasteiger partial charge in [-0.25, -0.2) is 0 Å². The number of Topliss-reactive ketones (excluding diaryl/α,β-unsaturated/α-hetero) is 1. The van der Waals surface area contributed by atoms with E-state index in [9.17, 15) is 9.59 Å². The number of ether oxygens (including phenoxy) is 1. The molecule has 0 fully saturated rings. The van der Waals surface area contributed by atoms with Crippen molar-refractivity contribution in [1.29, 1.82) is 0 Å². The second-order valence-corrected chi connectivity index (χ2v) is 11.2. The van der Waals surface area contributed by atoms with Gasteiger partial charge in [0, 0.05) is 12.0 Å². The highest BCUT2D eigenvalue weighted by atomic mass is 28.3. The summed E-state index contributed by atoms with van der Waals surface area (Å²) in [7, 11) is -0.111. The van der Waals surface area contributed by atoms with E-state index in [-0.39, 0.29) is 18.2 Å². The summed E-state index contributed by atoms with van der Waals surface area (Å²) in [6.45, 7) is 8.06. The lowest BCUT2D eigenvalue weighted by Crippen LogP contribution is -2.21. The molecule has 0 spiro atoms. The first-order chi connectivity index (χ1) is 10.2. The van der Waals surface area contributed by atoms with Crippen LogP contribution >= 0.6 is 0 Å². The number of carbonyl (C=O) groups is 2. The van der Waals surface area contributed by atoms with Gasteiger partial charge in [0.05, 0.1) is 13.0 Å². The normalized spacial score (nSPS) is 12.0. The lowest BCUT2D eigenvalue weighted by molar-refractivity contribution is -0.147. The zero-order valence-electron chi connectivity index (χ0n) is 14.0. The molecule has 3 nitrogen and oxygen atoms in total. The average molecular weight is 316 g/mol. The molecule has 0 saturated carbocycles. The summed E-state index contributed by atoms with van der Waals surface area (Å²) < 4.78 is 4.82. The van der Waals surface area contributed by atoms with Gasteiger partial charge in [-0.2, -0.15) is 0 Å². The van der Waals surface area contributed by atoms with Crippen LogP contribution < -0.4 is 0 Å². The van der Waals surface area contributed by atoms with Crippen LogP contribution in [0.15, 0.2) is 24.3 Å². The summed E-state index contributed by atoms with van der Waals surface area (Å²) in [6, 6.07) is 7.79. The maximum absolute atomic E-state index is 11.9. The molecule has 1 atom stereocenters. The Morgan fingerprint density at radius 2 is 1.86 bits per heavy atom. The zero-order chi connectivity index (χ0) is 16.8. The third-order valence-electron chi connectivity index (χ3n) is 3.12. The minimum atomic E-state index is -1.46. The molecule has 22 heavy (non-hydrogen) atoms. The van der Waals surface area contributed by atoms with Gasteiger partial charge in [0.25, 0.3) is 0 Å². The van der Waals surface area contributed by atoms with Crippen LogP contribution in [0, 0.1) is 17.4 Å². The van der Waals surface area contributed by atoms with E-state index in [4.69, 9.17) is 4.74 Å². The molecule has 0 aliphatic heterocycles. The molecule has 0 unspecified atom stereocenters. The van der Waals surface area contributed by atoms with Gasteiger partial charge in [0.2, 0.25) is 0 Å². The van der Waals surface area contributed by atoms with Crippen LogP contribution in [-0.4, -0.2) is 26.9 Å². The first kappa shape index (κ1) is 18.2. The molecule has 0 saturated heterocycles. The van der Waals surface area contributed by atoms with Crippen LogP contribution in [0.5, 0.6) is 0 Å². The van der Waals surface area contributed by atoms with Crippen LogP contribution in [0.25, 0.3) is 0 Å². The molecular formula is C18H24O3Si. The van der Waals surface area contributed by atoms with E-state index in [0.717, 1.165) is 11.1 Å². The fourth-order valence-corrected chi connectivity index (χ4v) is 2.60. The molecule has 0 amide bonds. The number of benzene rings is 1. The highest BCUT2D eigenvalue weighted by molar-refractivity contribution is 6.83. The molecule has 1 aromatic carbocycles. The summed E-state index contributed by atoms with van der Waals surface area (Å²) in [5, 5.41) is 0. The summed E-state index contributed by atoms with van der Waals surface area (Å²) in [5.74, 6) is 2.44. The Hall–Kier alpha value is -1.86. The molecule has 118 valence electrons. The zero-order valence-corrected chi connectivity index (χ0v) is 15.0. The van der Waals surface area contributed by atoms with Crippen LogP contribution in [-0.2, 0) is 20.7 Å². The van der Waals surface area contributed by atoms with Crippen molar-refractivity contribution in [3.8, 4) is 11.5 Å². The van der Waals surface area contributed by atoms with Crippen molar-refractivity contribution in [3.05, 3.63) is 35.4 Å². The standard InChI is InChI=1S/C18H24O3Si/c1-14(19)12-17(18(20)21-2)13-16-9-7-6-8-15(16)10-11-22(3,4)5/h6-9,17H,12-13H2,1-5H3/t17-/m1/s1. The van der Waals surface area contributed by atoms with Gasteiger partial charge in [-0.05, 0) is 25.0 Å². The fraction of sp³-hybridized carbons (Fsp3) is 0.444. The first-order valence-electron chi connectivity index (χ1n) is 7.41.